The third-order valence-electron chi connectivity index (χ3n) is 3.84. The Morgan fingerprint density at radius 2 is 1.54 bits per heavy atom. The predicted octanol–water partition coefficient (Wildman–Crippen LogP) is 5.72. The van der Waals surface area contributed by atoms with Crippen LogP contribution >= 0.6 is 0 Å². The van der Waals surface area contributed by atoms with E-state index in [0.717, 1.165) is 44.5 Å². The Morgan fingerprint density at radius 1 is 1.04 bits per heavy atom. The minimum absolute atomic E-state index is 0.0503. The predicted molar refractivity (Wildman–Crippen MR) is 110 cm³/mol. The topological polar surface area (TPSA) is 29.5 Å². The second-order valence-corrected chi connectivity index (χ2v) is 5.24. The molecule has 4 heteroatoms. The van der Waals surface area contributed by atoms with Gasteiger partial charge in [-0.1, -0.05) is 53.7 Å². The number of likely N-dealkylation sites (tertiary alicyclic amines) is 1. The van der Waals surface area contributed by atoms with E-state index in [9.17, 15) is 9.18 Å². The van der Waals surface area contributed by atoms with Crippen LogP contribution in [0.2, 0.25) is 0 Å². The minimum Gasteiger partial charge on any atom is -0.466 e. The van der Waals surface area contributed by atoms with Crippen LogP contribution in [-0.2, 0) is 16.0 Å². The smallest absolute Gasteiger partial charge is 0.309 e. The van der Waals surface area contributed by atoms with E-state index in [1.54, 1.807) is 0 Å². The monoisotopic (exact) mass is 369 g/mol. The Kier molecular flexibility index (Phi) is 18.9. The summed E-state index contributed by atoms with van der Waals surface area (Å²) in [6.07, 6.45) is 2.68. The van der Waals surface area contributed by atoms with Gasteiger partial charge in [0.25, 0.3) is 0 Å². The molecule has 0 saturated carbocycles. The molecule has 0 radical (unpaired) electrons. The van der Waals surface area contributed by atoms with Gasteiger partial charge in [0, 0.05) is 6.54 Å². The van der Waals surface area contributed by atoms with Gasteiger partial charge in [-0.05, 0) is 57.0 Å². The standard InChI is InChI=1S/C16H22FNO2.3C2H6/c1-2-20-16(19)14-8-11-18(12-9-14)10-7-13-3-5-15(17)6-4-13;3*1-2/h3-6,14H,2,7-12H2,1H3;3*1-2H3. The van der Waals surface area contributed by atoms with E-state index in [2.05, 4.69) is 4.90 Å². The third kappa shape index (κ3) is 11.2. The van der Waals surface area contributed by atoms with Gasteiger partial charge in [0.15, 0.2) is 0 Å². The van der Waals surface area contributed by atoms with Gasteiger partial charge < -0.3 is 9.64 Å². The van der Waals surface area contributed by atoms with Crippen LogP contribution in [-0.4, -0.2) is 37.1 Å². The highest BCUT2D eigenvalue weighted by atomic mass is 19.1. The first-order valence-electron chi connectivity index (χ1n) is 10.3. The van der Waals surface area contributed by atoms with Gasteiger partial charge in [0.05, 0.1) is 12.5 Å². The molecule has 2 rings (SSSR count). The highest BCUT2D eigenvalue weighted by Crippen LogP contribution is 2.19. The van der Waals surface area contributed by atoms with Gasteiger partial charge in [-0.15, -0.1) is 0 Å². The molecule has 0 amide bonds. The molecule has 152 valence electrons. The van der Waals surface area contributed by atoms with Crippen molar-refractivity contribution < 1.29 is 13.9 Å². The van der Waals surface area contributed by atoms with Crippen LogP contribution in [0.3, 0.4) is 0 Å². The fourth-order valence-corrected chi connectivity index (χ4v) is 2.59. The largest absolute Gasteiger partial charge is 0.466 e. The van der Waals surface area contributed by atoms with Crippen LogP contribution in [0.5, 0.6) is 0 Å². The summed E-state index contributed by atoms with van der Waals surface area (Å²) in [5.74, 6) is -0.174. The van der Waals surface area contributed by atoms with Crippen LogP contribution in [0.1, 0.15) is 66.9 Å². The molecular weight excluding hydrogens is 329 g/mol. The van der Waals surface area contributed by atoms with E-state index < -0.39 is 0 Å². The lowest BCUT2D eigenvalue weighted by atomic mass is 9.96. The first-order valence-corrected chi connectivity index (χ1v) is 10.3. The number of carbonyl (C=O) groups excluding carboxylic acids is 1. The third-order valence-corrected chi connectivity index (χ3v) is 3.84. The van der Waals surface area contributed by atoms with Crippen LogP contribution in [0.25, 0.3) is 0 Å². The highest BCUT2D eigenvalue weighted by molar-refractivity contribution is 5.72. The molecule has 0 spiro atoms. The van der Waals surface area contributed by atoms with Crippen LogP contribution in [0.4, 0.5) is 4.39 Å². The molecule has 26 heavy (non-hydrogen) atoms. The lowest BCUT2D eigenvalue weighted by Crippen LogP contribution is -2.38. The molecule has 3 nitrogen and oxygen atoms in total. The maximum absolute atomic E-state index is 12.8. The maximum atomic E-state index is 12.8. The van der Waals surface area contributed by atoms with E-state index in [0.29, 0.717) is 6.61 Å². The van der Waals surface area contributed by atoms with Crippen LogP contribution in [0, 0.1) is 11.7 Å². The SMILES string of the molecule is CC.CC.CC.CCOC(=O)C1CCN(CCc2ccc(F)cc2)CC1. The summed E-state index contributed by atoms with van der Waals surface area (Å²) in [5.41, 5.74) is 1.15. The average Bonchev–Trinajstić information content (AvgIpc) is 2.73. The first-order chi connectivity index (χ1) is 12.7. The molecule has 1 aromatic carbocycles. The molecule has 1 saturated heterocycles. The van der Waals surface area contributed by atoms with Crippen molar-refractivity contribution in [2.45, 2.75) is 67.7 Å². The number of hydrogen-bond donors (Lipinski definition) is 0. The molecule has 0 N–H and O–H groups in total. The number of hydrogen-bond acceptors (Lipinski definition) is 3. The molecule has 0 bridgehead atoms. The van der Waals surface area contributed by atoms with Gasteiger partial charge >= 0.3 is 5.97 Å². The van der Waals surface area contributed by atoms with Crippen molar-refractivity contribution in [3.63, 3.8) is 0 Å². The van der Waals surface area contributed by atoms with Crippen molar-refractivity contribution in [2.24, 2.45) is 5.92 Å². The van der Waals surface area contributed by atoms with E-state index in [4.69, 9.17) is 4.74 Å². The second-order valence-electron chi connectivity index (χ2n) is 5.24. The number of rotatable bonds is 5. The summed E-state index contributed by atoms with van der Waals surface area (Å²) in [4.78, 5) is 14.0. The average molecular weight is 370 g/mol. The number of piperidine rings is 1. The molecular formula is C22H40FNO2. The number of nitrogens with zero attached hydrogens (tertiary/aromatic N) is 1. The Balaban J connectivity index is 0. The molecule has 1 fully saturated rings. The van der Waals surface area contributed by atoms with Gasteiger partial charge in [-0.25, -0.2) is 4.39 Å². The fourth-order valence-electron chi connectivity index (χ4n) is 2.59. The van der Waals surface area contributed by atoms with E-state index >= 15 is 0 Å². The van der Waals surface area contributed by atoms with Crippen molar-refractivity contribution in [1.29, 1.82) is 0 Å². The maximum Gasteiger partial charge on any atom is 0.309 e. The number of benzene rings is 1. The molecule has 0 atom stereocenters. The summed E-state index contributed by atoms with van der Waals surface area (Å²) in [6.45, 7) is 17.1. The van der Waals surface area contributed by atoms with E-state index in [-0.39, 0.29) is 17.7 Å². The lowest BCUT2D eigenvalue weighted by Gasteiger charge is -2.30. The van der Waals surface area contributed by atoms with Crippen molar-refractivity contribution in [3.8, 4) is 0 Å². The van der Waals surface area contributed by atoms with E-state index in [1.807, 2.05) is 60.6 Å². The number of ether oxygens (including phenoxy) is 1. The summed E-state index contributed by atoms with van der Waals surface area (Å²) in [5, 5.41) is 0. The van der Waals surface area contributed by atoms with Gasteiger partial charge in [-0.2, -0.15) is 0 Å². The molecule has 1 aliphatic rings. The van der Waals surface area contributed by atoms with Crippen LogP contribution < -0.4 is 0 Å². The van der Waals surface area contributed by atoms with Crippen molar-refractivity contribution in [3.05, 3.63) is 35.6 Å². The summed E-state index contributed by atoms with van der Waals surface area (Å²) in [6, 6.07) is 6.67. The zero-order chi connectivity index (χ0) is 20.4. The summed E-state index contributed by atoms with van der Waals surface area (Å²) in [7, 11) is 0. The molecule has 0 aliphatic carbocycles. The minimum atomic E-state index is -0.191. The second kappa shape index (κ2) is 18.4. The molecule has 0 aromatic heterocycles. The zero-order valence-electron chi connectivity index (χ0n) is 18.0. The van der Waals surface area contributed by atoms with Crippen LogP contribution in [0.15, 0.2) is 24.3 Å². The molecule has 1 heterocycles. The molecule has 1 aliphatic heterocycles. The zero-order valence-corrected chi connectivity index (χ0v) is 18.0. The normalized spacial score (nSPS) is 13.8. The number of esters is 1. The first kappa shape index (κ1) is 26.8. The Hall–Kier alpha value is -1.42. The van der Waals surface area contributed by atoms with Crippen molar-refractivity contribution in [2.75, 3.05) is 26.2 Å². The quantitative estimate of drug-likeness (QED) is 0.622. The number of carbonyl (C=O) groups is 1. The van der Waals surface area contributed by atoms with Crippen molar-refractivity contribution in [1.82, 2.24) is 4.90 Å². The van der Waals surface area contributed by atoms with Crippen molar-refractivity contribution >= 4 is 5.97 Å². The van der Waals surface area contributed by atoms with Gasteiger partial charge in [-0.3, -0.25) is 4.79 Å². The Bertz CT molecular complexity index is 426. The Morgan fingerprint density at radius 3 is 2.00 bits per heavy atom. The number of halogens is 1. The molecule has 0 unspecified atom stereocenters. The van der Waals surface area contributed by atoms with Gasteiger partial charge in [0.1, 0.15) is 5.82 Å². The highest BCUT2D eigenvalue weighted by Gasteiger charge is 2.25. The summed E-state index contributed by atoms with van der Waals surface area (Å²) >= 11 is 0. The fraction of sp³-hybridized carbons (Fsp3) is 0.682. The Labute approximate surface area is 160 Å². The summed E-state index contributed by atoms with van der Waals surface area (Å²) < 4.78 is 17.9. The lowest BCUT2D eigenvalue weighted by molar-refractivity contribution is -0.149. The van der Waals surface area contributed by atoms with E-state index in [1.165, 1.54) is 12.1 Å². The molecule has 1 aromatic rings. The van der Waals surface area contributed by atoms with Gasteiger partial charge in [0.2, 0.25) is 0 Å².